The summed E-state index contributed by atoms with van der Waals surface area (Å²) in [5.41, 5.74) is 0. The summed E-state index contributed by atoms with van der Waals surface area (Å²) in [5.74, 6) is 0. The Labute approximate surface area is 108 Å². The Morgan fingerprint density at radius 2 is 1.82 bits per heavy atom. The highest BCUT2D eigenvalue weighted by atomic mass is 16.5. The molecule has 0 atom stereocenters. The molecule has 0 aliphatic carbocycles. The van der Waals surface area contributed by atoms with Crippen LogP contribution in [0.2, 0.25) is 0 Å². The number of likely N-dealkylation sites (N-methyl/N-ethyl adjacent to an activating group) is 1. The topological polar surface area (TPSA) is 24.5 Å². The summed E-state index contributed by atoms with van der Waals surface area (Å²) in [6.07, 6.45) is 5.71. The van der Waals surface area contributed by atoms with Crippen molar-refractivity contribution in [2.75, 3.05) is 39.8 Å². The Kier molecular flexibility index (Phi) is 12.3. The minimum absolute atomic E-state index is 0.347. The summed E-state index contributed by atoms with van der Waals surface area (Å²) < 4.78 is 5.52. The van der Waals surface area contributed by atoms with Gasteiger partial charge in [-0.1, -0.05) is 26.2 Å². The number of ether oxygens (including phenoxy) is 1. The van der Waals surface area contributed by atoms with Crippen molar-refractivity contribution in [3.8, 4) is 0 Å². The fourth-order valence-electron chi connectivity index (χ4n) is 1.63. The van der Waals surface area contributed by atoms with Crippen molar-refractivity contribution < 1.29 is 4.74 Å². The molecule has 0 fully saturated rings. The van der Waals surface area contributed by atoms with Gasteiger partial charge in [0, 0.05) is 19.6 Å². The highest BCUT2D eigenvalue weighted by Crippen LogP contribution is 1.96. The van der Waals surface area contributed by atoms with E-state index in [0.717, 1.165) is 32.8 Å². The average molecular weight is 244 g/mol. The van der Waals surface area contributed by atoms with Gasteiger partial charge >= 0.3 is 0 Å². The van der Waals surface area contributed by atoms with Gasteiger partial charge in [-0.25, -0.2) is 0 Å². The molecule has 1 N–H and O–H groups in total. The third-order valence-corrected chi connectivity index (χ3v) is 2.80. The van der Waals surface area contributed by atoms with E-state index in [2.05, 4.69) is 38.0 Å². The second-order valence-electron chi connectivity index (χ2n) is 5.03. The van der Waals surface area contributed by atoms with Crippen LogP contribution in [0.5, 0.6) is 0 Å². The molecule has 0 rings (SSSR count). The van der Waals surface area contributed by atoms with Crippen LogP contribution in [0.15, 0.2) is 0 Å². The highest BCUT2D eigenvalue weighted by molar-refractivity contribution is 4.55. The Morgan fingerprint density at radius 1 is 1.06 bits per heavy atom. The van der Waals surface area contributed by atoms with Gasteiger partial charge in [0.2, 0.25) is 0 Å². The summed E-state index contributed by atoms with van der Waals surface area (Å²) in [7, 11) is 2.16. The van der Waals surface area contributed by atoms with Gasteiger partial charge in [-0.3, -0.25) is 0 Å². The lowest BCUT2D eigenvalue weighted by atomic mass is 10.2. The summed E-state index contributed by atoms with van der Waals surface area (Å²) in [5, 5.41) is 3.49. The monoisotopic (exact) mass is 244 g/mol. The molecule has 0 saturated heterocycles. The standard InChI is InChI=1S/C14H32N2O/c1-5-6-7-8-9-15-10-11-16(4)12-13-17-14(2)3/h14-15H,5-13H2,1-4H3. The minimum Gasteiger partial charge on any atom is -0.377 e. The molecule has 0 aliphatic rings. The maximum Gasteiger partial charge on any atom is 0.0596 e. The van der Waals surface area contributed by atoms with E-state index in [1.807, 2.05) is 0 Å². The highest BCUT2D eigenvalue weighted by Gasteiger charge is 1.99. The molecular weight excluding hydrogens is 212 g/mol. The van der Waals surface area contributed by atoms with E-state index in [4.69, 9.17) is 4.74 Å². The molecular formula is C14H32N2O. The predicted octanol–water partition coefficient (Wildman–Crippen LogP) is 2.51. The van der Waals surface area contributed by atoms with Crippen molar-refractivity contribution in [3.63, 3.8) is 0 Å². The number of hydrogen-bond acceptors (Lipinski definition) is 3. The molecule has 0 aromatic carbocycles. The van der Waals surface area contributed by atoms with E-state index in [1.165, 1.54) is 25.7 Å². The third-order valence-electron chi connectivity index (χ3n) is 2.80. The summed E-state index contributed by atoms with van der Waals surface area (Å²) in [6.45, 7) is 11.6. The second kappa shape index (κ2) is 12.3. The number of nitrogens with zero attached hydrogens (tertiary/aromatic N) is 1. The Balaban J connectivity index is 3.13. The van der Waals surface area contributed by atoms with Crippen molar-refractivity contribution in [2.24, 2.45) is 0 Å². The molecule has 0 saturated carbocycles. The van der Waals surface area contributed by atoms with E-state index >= 15 is 0 Å². The molecule has 0 aromatic heterocycles. The Hall–Kier alpha value is -0.120. The van der Waals surface area contributed by atoms with Gasteiger partial charge in [0.1, 0.15) is 0 Å². The maximum absolute atomic E-state index is 5.52. The number of rotatable bonds is 12. The first-order valence-corrected chi connectivity index (χ1v) is 7.17. The van der Waals surface area contributed by atoms with Crippen LogP contribution in [0.1, 0.15) is 46.5 Å². The SMILES string of the molecule is CCCCCCNCCN(C)CCOC(C)C. The fraction of sp³-hybridized carbons (Fsp3) is 1.00. The van der Waals surface area contributed by atoms with Gasteiger partial charge in [-0.15, -0.1) is 0 Å². The van der Waals surface area contributed by atoms with E-state index in [0.29, 0.717) is 6.10 Å². The van der Waals surface area contributed by atoms with E-state index in [9.17, 15) is 0 Å². The van der Waals surface area contributed by atoms with Gasteiger partial charge in [-0.05, 0) is 33.9 Å². The fourth-order valence-corrected chi connectivity index (χ4v) is 1.63. The molecule has 0 spiro atoms. The second-order valence-corrected chi connectivity index (χ2v) is 5.03. The zero-order chi connectivity index (χ0) is 12.9. The largest absolute Gasteiger partial charge is 0.377 e. The van der Waals surface area contributed by atoms with Gasteiger partial charge in [0.05, 0.1) is 12.7 Å². The third kappa shape index (κ3) is 13.8. The number of hydrogen-bond donors (Lipinski definition) is 1. The molecule has 3 heteroatoms. The predicted molar refractivity (Wildman–Crippen MR) is 75.6 cm³/mol. The van der Waals surface area contributed by atoms with Gasteiger partial charge in [-0.2, -0.15) is 0 Å². The lowest BCUT2D eigenvalue weighted by Gasteiger charge is -2.17. The van der Waals surface area contributed by atoms with Crippen LogP contribution in [0.25, 0.3) is 0 Å². The molecule has 17 heavy (non-hydrogen) atoms. The van der Waals surface area contributed by atoms with Crippen LogP contribution in [-0.2, 0) is 4.74 Å². The molecule has 0 radical (unpaired) electrons. The smallest absolute Gasteiger partial charge is 0.0596 e. The summed E-state index contributed by atoms with van der Waals surface area (Å²) in [4.78, 5) is 2.32. The maximum atomic E-state index is 5.52. The van der Waals surface area contributed by atoms with Crippen molar-refractivity contribution in [2.45, 2.75) is 52.6 Å². The molecule has 104 valence electrons. The lowest BCUT2D eigenvalue weighted by Crippen LogP contribution is -2.32. The molecule has 0 aliphatic heterocycles. The Morgan fingerprint density at radius 3 is 2.47 bits per heavy atom. The normalized spacial score (nSPS) is 11.6. The first kappa shape index (κ1) is 16.9. The number of unbranched alkanes of at least 4 members (excludes halogenated alkanes) is 3. The van der Waals surface area contributed by atoms with E-state index in [-0.39, 0.29) is 0 Å². The molecule has 3 nitrogen and oxygen atoms in total. The zero-order valence-corrected chi connectivity index (χ0v) is 12.3. The van der Waals surface area contributed by atoms with Crippen molar-refractivity contribution in [1.29, 1.82) is 0 Å². The van der Waals surface area contributed by atoms with Crippen molar-refractivity contribution in [1.82, 2.24) is 10.2 Å². The minimum atomic E-state index is 0.347. The van der Waals surface area contributed by atoms with Crippen LogP contribution in [0.4, 0.5) is 0 Å². The van der Waals surface area contributed by atoms with Crippen LogP contribution in [0, 0.1) is 0 Å². The average Bonchev–Trinajstić information content (AvgIpc) is 2.27. The van der Waals surface area contributed by atoms with Gasteiger partial charge < -0.3 is 15.0 Å². The first-order valence-electron chi connectivity index (χ1n) is 7.17. The molecule has 0 amide bonds. The van der Waals surface area contributed by atoms with E-state index in [1.54, 1.807) is 0 Å². The lowest BCUT2D eigenvalue weighted by molar-refractivity contribution is 0.0640. The van der Waals surface area contributed by atoms with E-state index < -0.39 is 0 Å². The summed E-state index contributed by atoms with van der Waals surface area (Å²) >= 11 is 0. The van der Waals surface area contributed by atoms with Gasteiger partial charge in [0.25, 0.3) is 0 Å². The summed E-state index contributed by atoms with van der Waals surface area (Å²) in [6, 6.07) is 0. The van der Waals surface area contributed by atoms with Crippen LogP contribution >= 0.6 is 0 Å². The van der Waals surface area contributed by atoms with Crippen LogP contribution in [-0.4, -0.2) is 50.8 Å². The van der Waals surface area contributed by atoms with Crippen molar-refractivity contribution >= 4 is 0 Å². The molecule has 0 heterocycles. The Bertz CT molecular complexity index is 151. The first-order chi connectivity index (χ1) is 8.16. The molecule has 0 aromatic rings. The van der Waals surface area contributed by atoms with Crippen molar-refractivity contribution in [3.05, 3.63) is 0 Å². The van der Waals surface area contributed by atoms with Crippen LogP contribution < -0.4 is 5.32 Å². The molecule has 0 unspecified atom stereocenters. The molecule has 0 bridgehead atoms. The zero-order valence-electron chi connectivity index (χ0n) is 12.3. The quantitative estimate of drug-likeness (QED) is 0.534. The van der Waals surface area contributed by atoms with Crippen LogP contribution in [0.3, 0.4) is 0 Å². The number of nitrogens with one attached hydrogen (secondary N) is 1. The van der Waals surface area contributed by atoms with Gasteiger partial charge in [0.15, 0.2) is 0 Å².